The van der Waals surface area contributed by atoms with E-state index in [0.29, 0.717) is 23.8 Å². The summed E-state index contributed by atoms with van der Waals surface area (Å²) >= 11 is 0. The molecule has 33 heavy (non-hydrogen) atoms. The third-order valence-electron chi connectivity index (χ3n) is 7.23. The number of anilines is 2. The van der Waals surface area contributed by atoms with Crippen LogP contribution < -0.4 is 5.32 Å². The van der Waals surface area contributed by atoms with Gasteiger partial charge in [-0.15, -0.1) is 0 Å². The maximum atomic E-state index is 13.3. The molecule has 1 saturated carbocycles. The first kappa shape index (κ1) is 23.7. The minimum absolute atomic E-state index is 0.0534. The molecule has 1 N–H and O–H groups in total. The zero-order chi connectivity index (χ0) is 23.8. The van der Waals surface area contributed by atoms with Crippen LogP contribution in [0.5, 0.6) is 0 Å². The molecule has 0 radical (unpaired) electrons. The van der Waals surface area contributed by atoms with Crippen molar-refractivity contribution in [3.8, 4) is 0 Å². The number of hydrogen-bond acceptors (Lipinski definition) is 5. The summed E-state index contributed by atoms with van der Waals surface area (Å²) in [5.74, 6) is 0.584. The highest BCUT2D eigenvalue weighted by atomic mass is 32.2. The van der Waals surface area contributed by atoms with Crippen molar-refractivity contribution in [3.63, 3.8) is 0 Å². The van der Waals surface area contributed by atoms with E-state index < -0.39 is 9.84 Å². The van der Waals surface area contributed by atoms with Gasteiger partial charge < -0.3 is 10.1 Å². The van der Waals surface area contributed by atoms with Gasteiger partial charge in [0.1, 0.15) is 5.78 Å². The summed E-state index contributed by atoms with van der Waals surface area (Å²) < 4.78 is 29.4. The molecule has 2 fully saturated rings. The number of ketones is 1. The molecule has 4 rings (SSSR count). The van der Waals surface area contributed by atoms with Crippen LogP contribution >= 0.6 is 0 Å². The Morgan fingerprint density at radius 1 is 1.09 bits per heavy atom. The van der Waals surface area contributed by atoms with Gasteiger partial charge in [-0.2, -0.15) is 0 Å². The number of nitrogens with one attached hydrogen (secondary N) is 1. The molecule has 0 aromatic heterocycles. The standard InChI is InChI=1S/C27H33NO4S/c1-18-16-27(3,17-25(29)26(18)20-11-13-32-14-12-20)23-9-6-10-24(19(23)2)28-21-7-5-8-22(15-21)33(4,30)31/h5-10,15,20,26,28H,1,11-14,16-17H2,2-4H3/t26?,27-/m0/s1. The molecular formula is C27H33NO4S. The van der Waals surface area contributed by atoms with E-state index in [9.17, 15) is 13.2 Å². The van der Waals surface area contributed by atoms with E-state index in [1.807, 2.05) is 18.2 Å². The topological polar surface area (TPSA) is 72.5 Å². The first-order valence-corrected chi connectivity index (χ1v) is 13.4. The molecule has 1 saturated heterocycles. The molecule has 5 nitrogen and oxygen atoms in total. The molecule has 1 aliphatic heterocycles. The number of carbonyl (C=O) groups excluding carboxylic acids is 1. The SMILES string of the molecule is C=C1C[C@](C)(c2cccc(Nc3cccc(S(C)(=O)=O)c3)c2C)CC(=O)C1C1CCOCC1. The molecule has 176 valence electrons. The molecule has 1 heterocycles. The zero-order valence-electron chi connectivity index (χ0n) is 19.7. The van der Waals surface area contributed by atoms with Gasteiger partial charge >= 0.3 is 0 Å². The third kappa shape index (κ3) is 4.92. The normalized spacial score (nSPS) is 24.6. The van der Waals surface area contributed by atoms with Gasteiger partial charge in [0.2, 0.25) is 0 Å². The highest BCUT2D eigenvalue weighted by Crippen LogP contribution is 2.47. The molecule has 2 aliphatic rings. The van der Waals surface area contributed by atoms with Crippen LogP contribution in [0.15, 0.2) is 59.5 Å². The van der Waals surface area contributed by atoms with Gasteiger partial charge in [-0.05, 0) is 67.5 Å². The molecule has 1 unspecified atom stereocenters. The minimum atomic E-state index is -3.28. The largest absolute Gasteiger partial charge is 0.381 e. The van der Waals surface area contributed by atoms with Gasteiger partial charge in [0.25, 0.3) is 0 Å². The number of sulfone groups is 1. The van der Waals surface area contributed by atoms with Gasteiger partial charge in [0, 0.05) is 48.6 Å². The highest BCUT2D eigenvalue weighted by Gasteiger charge is 2.43. The average Bonchev–Trinajstić information content (AvgIpc) is 2.75. The second-order valence-corrected chi connectivity index (χ2v) is 11.9. The molecule has 1 aliphatic carbocycles. The Labute approximate surface area is 197 Å². The summed E-state index contributed by atoms with van der Waals surface area (Å²) in [5, 5.41) is 3.38. The van der Waals surface area contributed by atoms with Crippen LogP contribution in [0.2, 0.25) is 0 Å². The first-order valence-electron chi connectivity index (χ1n) is 11.5. The monoisotopic (exact) mass is 467 g/mol. The lowest BCUT2D eigenvalue weighted by Gasteiger charge is -2.42. The molecule has 6 heteroatoms. The van der Waals surface area contributed by atoms with Crippen LogP contribution in [0.3, 0.4) is 0 Å². The number of hydrogen-bond donors (Lipinski definition) is 1. The van der Waals surface area contributed by atoms with E-state index in [1.54, 1.807) is 18.2 Å². The van der Waals surface area contributed by atoms with Gasteiger partial charge in [0.15, 0.2) is 9.84 Å². The van der Waals surface area contributed by atoms with Crippen molar-refractivity contribution in [1.29, 1.82) is 0 Å². The van der Waals surface area contributed by atoms with Crippen molar-refractivity contribution in [2.75, 3.05) is 24.8 Å². The number of Topliss-reactive ketones (excluding diaryl/α,β-unsaturated/α-hetero) is 1. The molecule has 2 aromatic carbocycles. The maximum absolute atomic E-state index is 13.3. The Morgan fingerprint density at radius 2 is 1.79 bits per heavy atom. The lowest BCUT2D eigenvalue weighted by Crippen LogP contribution is -2.41. The lowest BCUT2D eigenvalue weighted by atomic mass is 9.61. The molecular weight excluding hydrogens is 434 g/mol. The Balaban J connectivity index is 1.60. The van der Waals surface area contributed by atoms with Gasteiger partial charge in [-0.25, -0.2) is 8.42 Å². The Kier molecular flexibility index (Phi) is 6.52. The fourth-order valence-corrected chi connectivity index (χ4v) is 6.28. The van der Waals surface area contributed by atoms with Crippen LogP contribution in [0, 0.1) is 18.8 Å². The summed E-state index contributed by atoms with van der Waals surface area (Å²) in [6, 6.07) is 12.9. The third-order valence-corrected chi connectivity index (χ3v) is 8.34. The number of ether oxygens (including phenoxy) is 1. The minimum Gasteiger partial charge on any atom is -0.381 e. The van der Waals surface area contributed by atoms with Crippen LogP contribution in [0.4, 0.5) is 11.4 Å². The van der Waals surface area contributed by atoms with Crippen molar-refractivity contribution in [2.24, 2.45) is 11.8 Å². The number of carbonyl (C=O) groups is 1. The maximum Gasteiger partial charge on any atom is 0.175 e. The summed E-state index contributed by atoms with van der Waals surface area (Å²) in [5.41, 5.74) is 4.54. The average molecular weight is 468 g/mol. The van der Waals surface area contributed by atoms with Crippen molar-refractivity contribution in [2.45, 2.75) is 49.8 Å². The summed E-state index contributed by atoms with van der Waals surface area (Å²) in [4.78, 5) is 13.6. The van der Waals surface area contributed by atoms with E-state index in [2.05, 4.69) is 31.8 Å². The van der Waals surface area contributed by atoms with Crippen molar-refractivity contribution < 1.29 is 17.9 Å². The lowest BCUT2D eigenvalue weighted by molar-refractivity contribution is -0.127. The second kappa shape index (κ2) is 9.07. The zero-order valence-corrected chi connectivity index (χ0v) is 20.5. The molecule has 0 spiro atoms. The Morgan fingerprint density at radius 3 is 2.45 bits per heavy atom. The Hall–Kier alpha value is -2.44. The van der Waals surface area contributed by atoms with Crippen LogP contribution in [0.1, 0.15) is 43.7 Å². The predicted octanol–water partition coefficient (Wildman–Crippen LogP) is 5.36. The fraction of sp³-hybridized carbons (Fsp3) is 0.444. The van der Waals surface area contributed by atoms with Crippen LogP contribution in [-0.2, 0) is 24.8 Å². The first-order chi connectivity index (χ1) is 15.6. The second-order valence-electron chi connectivity index (χ2n) is 9.87. The predicted molar refractivity (Wildman–Crippen MR) is 132 cm³/mol. The van der Waals surface area contributed by atoms with Crippen molar-refractivity contribution in [3.05, 3.63) is 65.7 Å². The quantitative estimate of drug-likeness (QED) is 0.599. The van der Waals surface area contributed by atoms with E-state index in [1.165, 1.54) is 6.26 Å². The van der Waals surface area contributed by atoms with Crippen molar-refractivity contribution >= 4 is 27.0 Å². The summed E-state index contributed by atoms with van der Waals surface area (Å²) in [6.07, 6.45) is 4.35. The van der Waals surface area contributed by atoms with Gasteiger partial charge in [-0.3, -0.25) is 4.79 Å². The molecule has 0 bridgehead atoms. The molecule has 2 atom stereocenters. The van der Waals surface area contributed by atoms with E-state index in [4.69, 9.17) is 4.74 Å². The van der Waals surface area contributed by atoms with E-state index in [0.717, 1.165) is 54.9 Å². The smallest absolute Gasteiger partial charge is 0.175 e. The van der Waals surface area contributed by atoms with Crippen LogP contribution in [0.25, 0.3) is 0 Å². The molecule has 0 amide bonds. The number of allylic oxidation sites excluding steroid dienone is 1. The van der Waals surface area contributed by atoms with E-state index >= 15 is 0 Å². The van der Waals surface area contributed by atoms with Gasteiger partial charge in [-0.1, -0.05) is 37.3 Å². The summed E-state index contributed by atoms with van der Waals surface area (Å²) in [6.45, 7) is 10.0. The number of rotatable bonds is 5. The fourth-order valence-electron chi connectivity index (χ4n) is 5.62. The highest BCUT2D eigenvalue weighted by molar-refractivity contribution is 7.90. The number of benzene rings is 2. The molecule has 2 aromatic rings. The van der Waals surface area contributed by atoms with Gasteiger partial charge in [0.05, 0.1) is 4.90 Å². The Bertz CT molecular complexity index is 1160. The summed E-state index contributed by atoms with van der Waals surface area (Å²) in [7, 11) is -3.28. The van der Waals surface area contributed by atoms with E-state index in [-0.39, 0.29) is 16.2 Å². The van der Waals surface area contributed by atoms with Crippen molar-refractivity contribution in [1.82, 2.24) is 0 Å². The van der Waals surface area contributed by atoms with Crippen LogP contribution in [-0.4, -0.2) is 33.7 Å².